The highest BCUT2D eigenvalue weighted by molar-refractivity contribution is 5.95. The first-order valence-corrected chi connectivity index (χ1v) is 5.47. The molecule has 0 aliphatic rings. The van der Waals surface area contributed by atoms with Crippen LogP contribution >= 0.6 is 0 Å². The summed E-state index contributed by atoms with van der Waals surface area (Å²) in [5, 5.41) is 22.7. The Bertz CT molecular complexity index is 477. The molecule has 6 nitrogen and oxygen atoms in total. The molecule has 0 bridgehead atoms. The van der Waals surface area contributed by atoms with Gasteiger partial charge in [-0.2, -0.15) is 0 Å². The minimum absolute atomic E-state index is 0.156. The molecule has 0 saturated carbocycles. The van der Waals surface area contributed by atoms with Gasteiger partial charge >= 0.3 is 0 Å². The molecular weight excluding hydrogens is 236 g/mol. The third-order valence-corrected chi connectivity index (χ3v) is 2.17. The normalized spacial score (nSPS) is 11.1. The molecule has 0 saturated heterocycles. The minimum Gasteiger partial charge on any atom is -0.505 e. The van der Waals surface area contributed by atoms with E-state index >= 15 is 0 Å². The molecule has 6 heteroatoms. The van der Waals surface area contributed by atoms with E-state index in [-0.39, 0.29) is 34.9 Å². The minimum atomic E-state index is -0.646. The van der Waals surface area contributed by atoms with Crippen LogP contribution in [0.25, 0.3) is 0 Å². The number of para-hydroxylation sites is 1. The molecule has 0 aliphatic carbocycles. The standard InChI is InChI=1S/C12H16N2O4/c1-12(2,3)7-10(16)13-11-8(14(17)18)5-4-6-9(11)15/h4-6,15H,7H2,1-3H3,(H,13,16). The third kappa shape index (κ3) is 3.73. The maximum absolute atomic E-state index is 11.7. The second-order valence-corrected chi connectivity index (χ2v) is 5.21. The summed E-state index contributed by atoms with van der Waals surface area (Å²) in [5.41, 5.74) is -0.711. The monoisotopic (exact) mass is 252 g/mol. The lowest BCUT2D eigenvalue weighted by molar-refractivity contribution is -0.384. The Morgan fingerprint density at radius 3 is 2.56 bits per heavy atom. The van der Waals surface area contributed by atoms with Crippen molar-refractivity contribution in [3.8, 4) is 5.75 Å². The fourth-order valence-corrected chi connectivity index (χ4v) is 1.47. The fourth-order valence-electron chi connectivity index (χ4n) is 1.47. The molecule has 0 fully saturated rings. The Labute approximate surface area is 105 Å². The molecule has 0 unspecified atom stereocenters. The van der Waals surface area contributed by atoms with Crippen LogP contribution in [0.1, 0.15) is 27.2 Å². The zero-order chi connectivity index (χ0) is 13.9. The number of nitro groups is 1. The second kappa shape index (κ2) is 5.03. The van der Waals surface area contributed by atoms with Crippen LogP contribution in [-0.2, 0) is 4.79 Å². The smallest absolute Gasteiger partial charge is 0.296 e. The van der Waals surface area contributed by atoms with Crippen LogP contribution in [0.4, 0.5) is 11.4 Å². The maximum atomic E-state index is 11.7. The fraction of sp³-hybridized carbons (Fsp3) is 0.417. The van der Waals surface area contributed by atoms with Gasteiger partial charge in [0.15, 0.2) is 5.69 Å². The van der Waals surface area contributed by atoms with Crippen LogP contribution in [0.3, 0.4) is 0 Å². The van der Waals surface area contributed by atoms with Crippen molar-refractivity contribution in [2.24, 2.45) is 5.41 Å². The van der Waals surface area contributed by atoms with Crippen LogP contribution in [0.2, 0.25) is 0 Å². The van der Waals surface area contributed by atoms with Crippen molar-refractivity contribution in [2.45, 2.75) is 27.2 Å². The van der Waals surface area contributed by atoms with E-state index in [0.717, 1.165) is 0 Å². The van der Waals surface area contributed by atoms with Gasteiger partial charge in [0.25, 0.3) is 5.69 Å². The number of phenols is 1. The van der Waals surface area contributed by atoms with Gasteiger partial charge < -0.3 is 10.4 Å². The van der Waals surface area contributed by atoms with Gasteiger partial charge in [-0.3, -0.25) is 14.9 Å². The maximum Gasteiger partial charge on any atom is 0.296 e. The number of nitrogens with one attached hydrogen (secondary N) is 1. The number of carbonyl (C=O) groups is 1. The van der Waals surface area contributed by atoms with Gasteiger partial charge in [0.2, 0.25) is 5.91 Å². The van der Waals surface area contributed by atoms with Crippen molar-refractivity contribution < 1.29 is 14.8 Å². The predicted octanol–water partition coefficient (Wildman–Crippen LogP) is 2.68. The van der Waals surface area contributed by atoms with Crippen LogP contribution < -0.4 is 5.32 Å². The van der Waals surface area contributed by atoms with Gasteiger partial charge in [0.05, 0.1) is 4.92 Å². The summed E-state index contributed by atoms with van der Waals surface area (Å²) in [6, 6.07) is 3.87. The van der Waals surface area contributed by atoms with Gasteiger partial charge in [-0.25, -0.2) is 0 Å². The molecule has 0 radical (unpaired) electrons. The lowest BCUT2D eigenvalue weighted by atomic mass is 9.92. The summed E-state index contributed by atoms with van der Waals surface area (Å²) in [5.74, 6) is -0.682. The number of phenolic OH excluding ortho intramolecular Hbond substituents is 1. The zero-order valence-corrected chi connectivity index (χ0v) is 10.6. The highest BCUT2D eigenvalue weighted by atomic mass is 16.6. The number of anilines is 1. The van der Waals surface area contributed by atoms with E-state index in [2.05, 4.69) is 5.32 Å². The zero-order valence-electron chi connectivity index (χ0n) is 10.6. The highest BCUT2D eigenvalue weighted by Crippen LogP contribution is 2.33. The topological polar surface area (TPSA) is 92.5 Å². The lowest BCUT2D eigenvalue weighted by Crippen LogP contribution is -2.20. The summed E-state index contributed by atoms with van der Waals surface area (Å²) in [6.45, 7) is 5.64. The SMILES string of the molecule is CC(C)(C)CC(=O)Nc1c(O)cccc1[N+](=O)[O-]. The summed E-state index contributed by atoms with van der Waals surface area (Å²) < 4.78 is 0. The van der Waals surface area contributed by atoms with E-state index in [4.69, 9.17) is 0 Å². The van der Waals surface area contributed by atoms with Crippen molar-refractivity contribution in [3.05, 3.63) is 28.3 Å². The number of nitro benzene ring substituents is 1. The molecule has 0 heterocycles. The van der Waals surface area contributed by atoms with Crippen molar-refractivity contribution >= 4 is 17.3 Å². The Morgan fingerprint density at radius 1 is 1.44 bits per heavy atom. The van der Waals surface area contributed by atoms with Crippen LogP contribution in [0, 0.1) is 15.5 Å². The van der Waals surface area contributed by atoms with E-state index in [9.17, 15) is 20.0 Å². The molecule has 1 rings (SSSR count). The van der Waals surface area contributed by atoms with Crippen molar-refractivity contribution in [1.82, 2.24) is 0 Å². The van der Waals surface area contributed by atoms with Gasteiger partial charge in [-0.05, 0) is 11.5 Å². The number of hydrogen-bond donors (Lipinski definition) is 2. The molecule has 2 N–H and O–H groups in total. The number of hydrogen-bond acceptors (Lipinski definition) is 4. The molecular formula is C12H16N2O4. The summed E-state index contributed by atoms with van der Waals surface area (Å²) in [6.07, 6.45) is 0.207. The number of amides is 1. The third-order valence-electron chi connectivity index (χ3n) is 2.17. The van der Waals surface area contributed by atoms with Gasteiger partial charge in [-0.1, -0.05) is 26.8 Å². The molecule has 0 aliphatic heterocycles. The number of nitrogens with zero attached hydrogens (tertiary/aromatic N) is 1. The molecule has 0 spiro atoms. The second-order valence-electron chi connectivity index (χ2n) is 5.21. The predicted molar refractivity (Wildman–Crippen MR) is 67.5 cm³/mol. The molecule has 1 aromatic rings. The molecule has 1 amide bonds. The molecule has 1 aromatic carbocycles. The van der Waals surface area contributed by atoms with E-state index < -0.39 is 4.92 Å². The average Bonchev–Trinajstić information content (AvgIpc) is 2.17. The quantitative estimate of drug-likeness (QED) is 0.491. The Hall–Kier alpha value is -2.11. The van der Waals surface area contributed by atoms with E-state index in [1.54, 1.807) is 0 Å². The first-order chi connectivity index (χ1) is 8.20. The summed E-state index contributed by atoms with van der Waals surface area (Å²) in [4.78, 5) is 21.8. The molecule has 18 heavy (non-hydrogen) atoms. The first-order valence-electron chi connectivity index (χ1n) is 5.47. The molecule has 0 aromatic heterocycles. The van der Waals surface area contributed by atoms with Crippen molar-refractivity contribution in [3.63, 3.8) is 0 Å². The van der Waals surface area contributed by atoms with Gasteiger partial charge in [0, 0.05) is 12.5 Å². The first kappa shape index (κ1) is 14.0. The molecule has 98 valence electrons. The van der Waals surface area contributed by atoms with E-state index in [1.165, 1.54) is 18.2 Å². The van der Waals surface area contributed by atoms with Crippen LogP contribution in [-0.4, -0.2) is 15.9 Å². The molecule has 0 atom stereocenters. The number of benzene rings is 1. The summed E-state index contributed by atoms with van der Waals surface area (Å²) in [7, 11) is 0. The largest absolute Gasteiger partial charge is 0.505 e. The Balaban J connectivity index is 2.97. The number of rotatable bonds is 3. The van der Waals surface area contributed by atoms with Crippen molar-refractivity contribution in [2.75, 3.05) is 5.32 Å². The van der Waals surface area contributed by atoms with Crippen LogP contribution in [0.15, 0.2) is 18.2 Å². The summed E-state index contributed by atoms with van der Waals surface area (Å²) >= 11 is 0. The lowest BCUT2D eigenvalue weighted by Gasteiger charge is -2.17. The van der Waals surface area contributed by atoms with Crippen molar-refractivity contribution in [1.29, 1.82) is 0 Å². The van der Waals surface area contributed by atoms with Gasteiger partial charge in [0.1, 0.15) is 5.75 Å². The number of carbonyl (C=O) groups excluding carboxylic acids is 1. The van der Waals surface area contributed by atoms with Gasteiger partial charge in [-0.15, -0.1) is 0 Å². The Morgan fingerprint density at radius 2 is 2.06 bits per heavy atom. The van der Waals surface area contributed by atoms with Crippen LogP contribution in [0.5, 0.6) is 5.75 Å². The number of aromatic hydroxyl groups is 1. The van der Waals surface area contributed by atoms with E-state index in [1.807, 2.05) is 20.8 Å². The Kier molecular flexibility index (Phi) is 3.90. The van der Waals surface area contributed by atoms with E-state index in [0.29, 0.717) is 0 Å². The highest BCUT2D eigenvalue weighted by Gasteiger charge is 2.22. The average molecular weight is 252 g/mol.